The van der Waals surface area contributed by atoms with E-state index in [1.165, 1.54) is 6.07 Å². The van der Waals surface area contributed by atoms with Gasteiger partial charge in [0.2, 0.25) is 5.91 Å². The molecule has 1 aromatic rings. The number of hydrogen-bond acceptors (Lipinski definition) is 3. The van der Waals surface area contributed by atoms with Crippen molar-refractivity contribution in [2.45, 2.75) is 13.0 Å². The zero-order chi connectivity index (χ0) is 13.1. The Kier molecular flexibility index (Phi) is 3.93. The summed E-state index contributed by atoms with van der Waals surface area (Å²) in [6.07, 6.45) is 0. The molecular formula is C13H18FN3O. The van der Waals surface area contributed by atoms with Crippen LogP contribution in [0.4, 0.5) is 4.39 Å². The Bertz CT molecular complexity index is 444. The molecule has 3 N–H and O–H groups in total. The van der Waals surface area contributed by atoms with Crippen LogP contribution in [0.5, 0.6) is 0 Å². The standard InChI is InChI=1S/C13H18FN3O/c1-9-8-10(2-3-11(9)14)12(13(15)18)17-6-4-16-5-7-17/h2-3,8,12,16H,4-7H2,1H3,(H2,15,18). The highest BCUT2D eigenvalue weighted by molar-refractivity contribution is 5.81. The molecule has 4 nitrogen and oxygen atoms in total. The van der Waals surface area contributed by atoms with E-state index in [0.29, 0.717) is 5.56 Å². The van der Waals surface area contributed by atoms with Crippen molar-refractivity contribution in [2.75, 3.05) is 26.2 Å². The SMILES string of the molecule is Cc1cc(C(C(N)=O)N2CCNCC2)ccc1F. The number of aryl methyl sites for hydroxylation is 1. The van der Waals surface area contributed by atoms with Gasteiger partial charge in [-0.3, -0.25) is 9.69 Å². The molecule has 1 atom stereocenters. The molecular weight excluding hydrogens is 233 g/mol. The summed E-state index contributed by atoms with van der Waals surface area (Å²) < 4.78 is 13.3. The van der Waals surface area contributed by atoms with Crippen molar-refractivity contribution in [1.82, 2.24) is 10.2 Å². The maximum Gasteiger partial charge on any atom is 0.239 e. The molecule has 0 spiro atoms. The second-order valence-electron chi connectivity index (χ2n) is 4.60. The smallest absolute Gasteiger partial charge is 0.239 e. The van der Waals surface area contributed by atoms with E-state index in [1.807, 2.05) is 4.90 Å². The molecule has 1 heterocycles. The maximum absolute atomic E-state index is 13.3. The predicted molar refractivity (Wildman–Crippen MR) is 67.5 cm³/mol. The Balaban J connectivity index is 2.28. The first kappa shape index (κ1) is 13.0. The zero-order valence-electron chi connectivity index (χ0n) is 10.4. The Morgan fingerprint density at radius 2 is 2.11 bits per heavy atom. The number of primary amides is 1. The number of piperazine rings is 1. The minimum Gasteiger partial charge on any atom is -0.368 e. The van der Waals surface area contributed by atoms with Gasteiger partial charge in [0.25, 0.3) is 0 Å². The van der Waals surface area contributed by atoms with E-state index in [2.05, 4.69) is 5.32 Å². The molecule has 1 unspecified atom stereocenters. The molecule has 98 valence electrons. The largest absolute Gasteiger partial charge is 0.368 e. The number of nitrogens with zero attached hydrogens (tertiary/aromatic N) is 1. The quantitative estimate of drug-likeness (QED) is 0.825. The van der Waals surface area contributed by atoms with Crippen LogP contribution in [-0.2, 0) is 4.79 Å². The lowest BCUT2D eigenvalue weighted by atomic mass is 10.0. The summed E-state index contributed by atoms with van der Waals surface area (Å²) in [6.45, 7) is 4.90. The Hall–Kier alpha value is -1.46. The first-order chi connectivity index (χ1) is 8.59. The van der Waals surface area contributed by atoms with E-state index in [9.17, 15) is 9.18 Å². The van der Waals surface area contributed by atoms with Crippen LogP contribution in [0.25, 0.3) is 0 Å². The number of nitrogens with two attached hydrogens (primary N) is 1. The fourth-order valence-electron chi connectivity index (χ4n) is 2.33. The Morgan fingerprint density at radius 3 is 2.67 bits per heavy atom. The van der Waals surface area contributed by atoms with Gasteiger partial charge in [-0.15, -0.1) is 0 Å². The monoisotopic (exact) mass is 251 g/mol. The van der Waals surface area contributed by atoms with Gasteiger partial charge in [0.1, 0.15) is 11.9 Å². The van der Waals surface area contributed by atoms with E-state index >= 15 is 0 Å². The number of amides is 1. The van der Waals surface area contributed by atoms with Crippen LogP contribution in [0.15, 0.2) is 18.2 Å². The van der Waals surface area contributed by atoms with Gasteiger partial charge in [0.15, 0.2) is 0 Å². The van der Waals surface area contributed by atoms with E-state index in [1.54, 1.807) is 19.1 Å². The van der Waals surface area contributed by atoms with Crippen molar-refractivity contribution in [1.29, 1.82) is 0 Å². The molecule has 1 saturated heterocycles. The number of hydrogen-bond donors (Lipinski definition) is 2. The lowest BCUT2D eigenvalue weighted by Crippen LogP contribution is -2.48. The van der Waals surface area contributed by atoms with Gasteiger partial charge in [-0.25, -0.2) is 4.39 Å². The summed E-state index contributed by atoms with van der Waals surface area (Å²) in [5.41, 5.74) is 6.80. The lowest BCUT2D eigenvalue weighted by Gasteiger charge is -2.33. The van der Waals surface area contributed by atoms with E-state index < -0.39 is 6.04 Å². The fourth-order valence-corrected chi connectivity index (χ4v) is 2.33. The molecule has 2 rings (SSSR count). The summed E-state index contributed by atoms with van der Waals surface area (Å²) in [7, 11) is 0. The van der Waals surface area contributed by atoms with Gasteiger partial charge in [-0.1, -0.05) is 12.1 Å². The molecule has 1 aliphatic heterocycles. The van der Waals surface area contributed by atoms with E-state index in [0.717, 1.165) is 31.7 Å². The molecule has 1 aromatic carbocycles. The number of rotatable bonds is 3. The van der Waals surface area contributed by atoms with Gasteiger partial charge in [-0.05, 0) is 24.1 Å². The van der Waals surface area contributed by atoms with Crippen LogP contribution in [0.2, 0.25) is 0 Å². The van der Waals surface area contributed by atoms with Crippen LogP contribution in [-0.4, -0.2) is 37.0 Å². The molecule has 5 heteroatoms. The Labute approximate surface area is 106 Å². The fraction of sp³-hybridized carbons (Fsp3) is 0.462. The molecule has 0 aliphatic carbocycles. The molecule has 1 fully saturated rings. The number of carbonyl (C=O) groups is 1. The number of halogens is 1. The van der Waals surface area contributed by atoms with Crippen molar-refractivity contribution in [3.05, 3.63) is 35.1 Å². The molecule has 1 amide bonds. The minimum atomic E-state index is -0.466. The third-order valence-electron chi connectivity index (χ3n) is 3.28. The van der Waals surface area contributed by atoms with Gasteiger partial charge in [0.05, 0.1) is 0 Å². The number of benzene rings is 1. The van der Waals surface area contributed by atoms with Crippen LogP contribution in [0.1, 0.15) is 17.2 Å². The first-order valence-corrected chi connectivity index (χ1v) is 6.09. The van der Waals surface area contributed by atoms with Gasteiger partial charge in [-0.2, -0.15) is 0 Å². The maximum atomic E-state index is 13.3. The van der Waals surface area contributed by atoms with E-state index in [4.69, 9.17) is 5.73 Å². The predicted octanol–water partition coefficient (Wildman–Crippen LogP) is 0.566. The average Bonchev–Trinajstić information content (AvgIpc) is 2.35. The number of carbonyl (C=O) groups excluding carboxylic acids is 1. The number of nitrogens with one attached hydrogen (secondary N) is 1. The summed E-state index contributed by atoms with van der Waals surface area (Å²) in [6, 6.07) is 4.27. The topological polar surface area (TPSA) is 58.4 Å². The van der Waals surface area contributed by atoms with Gasteiger partial charge < -0.3 is 11.1 Å². The van der Waals surface area contributed by atoms with Crippen molar-refractivity contribution in [3.8, 4) is 0 Å². The third-order valence-corrected chi connectivity index (χ3v) is 3.28. The van der Waals surface area contributed by atoms with Gasteiger partial charge >= 0.3 is 0 Å². The molecule has 1 aliphatic rings. The summed E-state index contributed by atoms with van der Waals surface area (Å²) >= 11 is 0. The van der Waals surface area contributed by atoms with Crippen molar-refractivity contribution in [2.24, 2.45) is 5.73 Å². The van der Waals surface area contributed by atoms with E-state index in [-0.39, 0.29) is 11.7 Å². The van der Waals surface area contributed by atoms with Crippen LogP contribution < -0.4 is 11.1 Å². The van der Waals surface area contributed by atoms with Crippen molar-refractivity contribution < 1.29 is 9.18 Å². The molecule has 0 bridgehead atoms. The summed E-state index contributed by atoms with van der Waals surface area (Å²) in [5.74, 6) is -0.648. The molecule has 0 aromatic heterocycles. The highest BCUT2D eigenvalue weighted by Crippen LogP contribution is 2.22. The Morgan fingerprint density at radius 1 is 1.44 bits per heavy atom. The lowest BCUT2D eigenvalue weighted by molar-refractivity contribution is -0.123. The average molecular weight is 251 g/mol. The van der Waals surface area contributed by atoms with Crippen LogP contribution in [0, 0.1) is 12.7 Å². The second kappa shape index (κ2) is 5.46. The summed E-state index contributed by atoms with van der Waals surface area (Å²) in [4.78, 5) is 13.7. The van der Waals surface area contributed by atoms with Crippen molar-refractivity contribution in [3.63, 3.8) is 0 Å². The van der Waals surface area contributed by atoms with Crippen LogP contribution in [0.3, 0.4) is 0 Å². The molecule has 0 radical (unpaired) electrons. The highest BCUT2D eigenvalue weighted by atomic mass is 19.1. The molecule has 0 saturated carbocycles. The van der Waals surface area contributed by atoms with Crippen molar-refractivity contribution >= 4 is 5.91 Å². The van der Waals surface area contributed by atoms with Gasteiger partial charge in [0, 0.05) is 26.2 Å². The minimum absolute atomic E-state index is 0.262. The molecule has 18 heavy (non-hydrogen) atoms. The zero-order valence-corrected chi connectivity index (χ0v) is 10.4. The van der Waals surface area contributed by atoms with Crippen LogP contribution >= 0.6 is 0 Å². The second-order valence-corrected chi connectivity index (χ2v) is 4.60. The first-order valence-electron chi connectivity index (χ1n) is 6.09. The summed E-state index contributed by atoms with van der Waals surface area (Å²) in [5, 5.41) is 3.23. The third kappa shape index (κ3) is 2.68. The normalized spacial score (nSPS) is 18.6. The highest BCUT2D eigenvalue weighted by Gasteiger charge is 2.27.